The Kier molecular flexibility index (Phi) is 5.72. The first-order valence-electron chi connectivity index (χ1n) is 7.74. The summed E-state index contributed by atoms with van der Waals surface area (Å²) in [5.74, 6) is -1.06. The van der Waals surface area contributed by atoms with Gasteiger partial charge in [0, 0.05) is 11.4 Å². The molecule has 7 heteroatoms. The largest absolute Gasteiger partial charge is 0.480 e. The van der Waals surface area contributed by atoms with Crippen molar-refractivity contribution in [2.45, 2.75) is 51.5 Å². The molecular formula is C17H22ClNO5. The van der Waals surface area contributed by atoms with E-state index in [4.69, 9.17) is 21.1 Å². The van der Waals surface area contributed by atoms with Crippen molar-refractivity contribution in [2.24, 2.45) is 0 Å². The molecule has 0 spiro atoms. The van der Waals surface area contributed by atoms with Crippen molar-refractivity contribution >= 4 is 23.7 Å². The van der Waals surface area contributed by atoms with Crippen molar-refractivity contribution in [1.29, 1.82) is 0 Å². The number of halogens is 1. The third kappa shape index (κ3) is 5.11. The first kappa shape index (κ1) is 18.5. The molecule has 1 fully saturated rings. The Morgan fingerprint density at radius 2 is 1.92 bits per heavy atom. The number of carboxylic acids is 1. The number of benzene rings is 1. The monoisotopic (exact) mass is 355 g/mol. The number of hydrogen-bond acceptors (Lipinski definition) is 4. The molecule has 0 bridgehead atoms. The molecule has 1 aliphatic rings. The van der Waals surface area contributed by atoms with Gasteiger partial charge in [0.15, 0.2) is 0 Å². The molecule has 2 rings (SSSR count). The standard InChI is InChI=1S/C17H22ClNO5/c1-17(2,3)24-16(22)19-9-13(8-14(19)15(20)21)23-10-11-4-6-12(18)7-5-11/h4-7,13-14H,8-10H2,1-3H3,(H,20,21)/t13-,14-/m0/s1. The van der Waals surface area contributed by atoms with Crippen molar-refractivity contribution in [2.75, 3.05) is 6.54 Å². The number of carbonyl (C=O) groups is 2. The molecule has 24 heavy (non-hydrogen) atoms. The van der Waals surface area contributed by atoms with E-state index in [1.165, 1.54) is 4.90 Å². The second-order valence-electron chi connectivity index (χ2n) is 6.78. The van der Waals surface area contributed by atoms with Gasteiger partial charge in [0.25, 0.3) is 0 Å². The molecule has 1 amide bonds. The van der Waals surface area contributed by atoms with E-state index in [0.29, 0.717) is 11.6 Å². The van der Waals surface area contributed by atoms with E-state index in [9.17, 15) is 14.7 Å². The van der Waals surface area contributed by atoms with Crippen LogP contribution >= 0.6 is 11.6 Å². The first-order valence-corrected chi connectivity index (χ1v) is 8.12. The lowest BCUT2D eigenvalue weighted by Gasteiger charge is -2.26. The van der Waals surface area contributed by atoms with E-state index >= 15 is 0 Å². The summed E-state index contributed by atoms with van der Waals surface area (Å²) in [7, 11) is 0. The van der Waals surface area contributed by atoms with Gasteiger partial charge >= 0.3 is 12.1 Å². The predicted octanol–water partition coefficient (Wildman–Crippen LogP) is 3.32. The van der Waals surface area contributed by atoms with Crippen molar-refractivity contribution in [1.82, 2.24) is 4.90 Å². The molecule has 1 saturated heterocycles. The highest BCUT2D eigenvalue weighted by molar-refractivity contribution is 6.30. The lowest BCUT2D eigenvalue weighted by atomic mass is 10.2. The van der Waals surface area contributed by atoms with E-state index in [1.807, 2.05) is 12.1 Å². The maximum atomic E-state index is 12.2. The van der Waals surface area contributed by atoms with Gasteiger partial charge in [0.2, 0.25) is 0 Å². The quantitative estimate of drug-likeness (QED) is 0.896. The second-order valence-corrected chi connectivity index (χ2v) is 7.22. The Morgan fingerprint density at radius 3 is 2.46 bits per heavy atom. The van der Waals surface area contributed by atoms with E-state index in [1.54, 1.807) is 32.9 Å². The summed E-state index contributed by atoms with van der Waals surface area (Å²) < 4.78 is 11.0. The summed E-state index contributed by atoms with van der Waals surface area (Å²) in [6.07, 6.45) is -0.746. The third-order valence-corrected chi connectivity index (χ3v) is 3.83. The van der Waals surface area contributed by atoms with Crippen LogP contribution < -0.4 is 0 Å². The molecular weight excluding hydrogens is 334 g/mol. The van der Waals surface area contributed by atoms with Crippen molar-refractivity contribution in [3.63, 3.8) is 0 Å². The fourth-order valence-corrected chi connectivity index (χ4v) is 2.60. The lowest BCUT2D eigenvalue weighted by molar-refractivity contribution is -0.142. The summed E-state index contributed by atoms with van der Waals surface area (Å²) in [4.78, 5) is 24.8. The fraction of sp³-hybridized carbons (Fsp3) is 0.529. The number of carbonyl (C=O) groups excluding carboxylic acids is 1. The van der Waals surface area contributed by atoms with E-state index < -0.39 is 23.7 Å². The van der Waals surface area contributed by atoms with Gasteiger partial charge in [-0.15, -0.1) is 0 Å². The average molecular weight is 356 g/mol. The molecule has 1 aliphatic heterocycles. The van der Waals surface area contributed by atoms with Gasteiger partial charge < -0.3 is 14.6 Å². The van der Waals surface area contributed by atoms with Crippen molar-refractivity contribution < 1.29 is 24.2 Å². The van der Waals surface area contributed by atoms with Gasteiger partial charge in [-0.2, -0.15) is 0 Å². The van der Waals surface area contributed by atoms with Crippen LogP contribution in [0.15, 0.2) is 24.3 Å². The number of rotatable bonds is 4. The summed E-state index contributed by atoms with van der Waals surface area (Å²) in [6, 6.07) is 6.29. The number of carboxylic acid groups (broad SMARTS) is 1. The van der Waals surface area contributed by atoms with Crippen LogP contribution in [0.25, 0.3) is 0 Å². The summed E-state index contributed by atoms with van der Waals surface area (Å²) >= 11 is 5.84. The maximum absolute atomic E-state index is 12.2. The Hall–Kier alpha value is -1.79. The third-order valence-electron chi connectivity index (χ3n) is 3.57. The maximum Gasteiger partial charge on any atom is 0.411 e. The summed E-state index contributed by atoms with van der Waals surface area (Å²) in [5.41, 5.74) is 0.254. The predicted molar refractivity (Wildman–Crippen MR) is 89.0 cm³/mol. The van der Waals surface area contributed by atoms with E-state index in [-0.39, 0.29) is 19.1 Å². The van der Waals surface area contributed by atoms with Gasteiger partial charge in [0.05, 0.1) is 19.3 Å². The summed E-state index contributed by atoms with van der Waals surface area (Å²) in [6.45, 7) is 5.75. The van der Waals surface area contributed by atoms with Crippen LogP contribution in [0.5, 0.6) is 0 Å². The normalized spacial score (nSPS) is 20.9. The zero-order valence-corrected chi connectivity index (χ0v) is 14.7. The SMILES string of the molecule is CC(C)(C)OC(=O)N1C[C@@H](OCc2ccc(Cl)cc2)C[C@H]1C(=O)O. The average Bonchev–Trinajstić information content (AvgIpc) is 2.89. The molecule has 1 N–H and O–H groups in total. The van der Waals surface area contributed by atoms with Crippen LogP contribution in [0, 0.1) is 0 Å². The van der Waals surface area contributed by atoms with Crippen LogP contribution in [0.4, 0.5) is 4.79 Å². The number of likely N-dealkylation sites (tertiary alicyclic amines) is 1. The highest BCUT2D eigenvalue weighted by Crippen LogP contribution is 2.24. The van der Waals surface area contributed by atoms with Gasteiger partial charge in [-0.25, -0.2) is 9.59 Å². The number of nitrogens with zero attached hydrogens (tertiary/aromatic N) is 1. The minimum absolute atomic E-state index is 0.194. The Balaban J connectivity index is 1.97. The first-order chi connectivity index (χ1) is 11.2. The molecule has 6 nitrogen and oxygen atoms in total. The van der Waals surface area contributed by atoms with Gasteiger partial charge in [-0.05, 0) is 38.5 Å². The molecule has 1 heterocycles. The molecule has 132 valence electrons. The second kappa shape index (κ2) is 7.40. The Bertz CT molecular complexity index is 596. The van der Waals surface area contributed by atoms with Crippen LogP contribution in [0.1, 0.15) is 32.8 Å². The molecule has 0 saturated carbocycles. The van der Waals surface area contributed by atoms with E-state index in [2.05, 4.69) is 0 Å². The molecule has 0 unspecified atom stereocenters. The van der Waals surface area contributed by atoms with Crippen molar-refractivity contribution in [3.8, 4) is 0 Å². The number of aliphatic carboxylic acids is 1. The van der Waals surface area contributed by atoms with Crippen LogP contribution in [-0.4, -0.2) is 46.4 Å². The molecule has 1 aromatic rings. The van der Waals surface area contributed by atoms with Gasteiger partial charge in [-0.1, -0.05) is 23.7 Å². The smallest absolute Gasteiger partial charge is 0.411 e. The van der Waals surface area contributed by atoms with Crippen LogP contribution in [0.2, 0.25) is 5.02 Å². The highest BCUT2D eigenvalue weighted by atomic mass is 35.5. The number of ether oxygens (including phenoxy) is 2. The lowest BCUT2D eigenvalue weighted by Crippen LogP contribution is -2.43. The zero-order valence-electron chi connectivity index (χ0n) is 14.0. The fourth-order valence-electron chi connectivity index (χ4n) is 2.47. The molecule has 1 aromatic carbocycles. The topological polar surface area (TPSA) is 76.1 Å². The molecule has 2 atom stereocenters. The highest BCUT2D eigenvalue weighted by Gasteiger charge is 2.42. The summed E-state index contributed by atoms with van der Waals surface area (Å²) in [5, 5.41) is 9.99. The van der Waals surface area contributed by atoms with Gasteiger partial charge in [0.1, 0.15) is 11.6 Å². The Labute approximate surface area is 146 Å². The molecule has 0 aliphatic carbocycles. The number of amides is 1. The molecule has 0 aromatic heterocycles. The number of hydrogen-bond donors (Lipinski definition) is 1. The molecule has 0 radical (unpaired) electrons. The van der Waals surface area contributed by atoms with E-state index in [0.717, 1.165) is 5.56 Å². The Morgan fingerprint density at radius 1 is 1.29 bits per heavy atom. The van der Waals surface area contributed by atoms with Gasteiger partial charge in [-0.3, -0.25) is 4.90 Å². The van der Waals surface area contributed by atoms with Crippen LogP contribution in [0.3, 0.4) is 0 Å². The zero-order chi connectivity index (χ0) is 17.9. The minimum atomic E-state index is -1.06. The van der Waals surface area contributed by atoms with Crippen molar-refractivity contribution in [3.05, 3.63) is 34.9 Å². The minimum Gasteiger partial charge on any atom is -0.480 e. The van der Waals surface area contributed by atoms with Crippen LogP contribution in [-0.2, 0) is 20.9 Å².